The first kappa shape index (κ1) is 27.8. The molecule has 1 heterocycles. The first-order chi connectivity index (χ1) is 19.2. The predicted molar refractivity (Wildman–Crippen MR) is 158 cm³/mol. The quantitative estimate of drug-likeness (QED) is 0.314. The van der Waals surface area contributed by atoms with Gasteiger partial charge in [-0.15, -0.1) is 0 Å². The van der Waals surface area contributed by atoms with Gasteiger partial charge in [0, 0.05) is 36.3 Å². The molecule has 1 fully saturated rings. The molecule has 0 aliphatic heterocycles. The number of carbonyl (C=O) groups excluding carboxylic acids is 2. The monoisotopic (exact) mass is 540 g/mol. The lowest BCUT2D eigenvalue weighted by Crippen LogP contribution is -2.39. The maximum absolute atomic E-state index is 13.4. The predicted octanol–water partition coefficient (Wildman–Crippen LogP) is 5.92. The van der Waals surface area contributed by atoms with Crippen molar-refractivity contribution in [2.24, 2.45) is 5.92 Å². The number of amides is 2. The van der Waals surface area contributed by atoms with E-state index in [1.54, 1.807) is 18.3 Å². The minimum Gasteiger partial charge on any atom is -0.457 e. The summed E-state index contributed by atoms with van der Waals surface area (Å²) in [5.74, 6) is 1.95. The molecule has 0 spiro atoms. The summed E-state index contributed by atoms with van der Waals surface area (Å²) in [4.78, 5) is 29.7. The first-order valence-corrected chi connectivity index (χ1v) is 14.4. The van der Waals surface area contributed by atoms with E-state index in [0.717, 1.165) is 62.1 Å². The second-order valence-electron chi connectivity index (χ2n) is 12.0. The average Bonchev–Trinajstić information content (AvgIpc) is 3.77. The van der Waals surface area contributed by atoms with E-state index in [9.17, 15) is 9.59 Å². The largest absolute Gasteiger partial charge is 0.457 e. The highest BCUT2D eigenvalue weighted by Gasteiger charge is 2.30. The van der Waals surface area contributed by atoms with Gasteiger partial charge in [-0.05, 0) is 96.6 Å². The number of benzene rings is 2. The number of nitrogens with one attached hydrogen (secondary N) is 3. The van der Waals surface area contributed by atoms with Crippen LogP contribution in [0.2, 0.25) is 0 Å². The Morgan fingerprint density at radius 1 is 0.975 bits per heavy atom. The molecule has 7 nitrogen and oxygen atoms in total. The van der Waals surface area contributed by atoms with Crippen LogP contribution < -0.4 is 20.7 Å². The van der Waals surface area contributed by atoms with Crippen LogP contribution in [0.1, 0.15) is 79.6 Å². The Balaban J connectivity index is 1.26. The number of hydrogen-bond donors (Lipinski definition) is 3. The standard InChI is InChI=1S/C33H40N4O3/c1-5-34-20-21-14-25(16-26(15-21)33(2,3)4)32(39)36-27-10-8-22-9-11-28(18-24(22)17-27)40-29-12-13-35-30(19-29)37-31(38)23-6-7-23/h9,11-16,18-19,23,27,34H,5-8,10,17,20H2,1-4H3,(H,36,39)(H,35,37,38). The zero-order valence-electron chi connectivity index (χ0n) is 24.0. The Kier molecular flexibility index (Phi) is 8.22. The molecule has 5 rings (SSSR count). The molecule has 1 unspecified atom stereocenters. The van der Waals surface area contributed by atoms with E-state index in [0.29, 0.717) is 17.1 Å². The minimum absolute atomic E-state index is 0.0190. The molecular formula is C33H40N4O3. The van der Waals surface area contributed by atoms with Crippen molar-refractivity contribution in [3.05, 3.63) is 82.5 Å². The average molecular weight is 541 g/mol. The molecule has 1 aromatic heterocycles. The van der Waals surface area contributed by atoms with Crippen LogP contribution in [0.4, 0.5) is 5.82 Å². The van der Waals surface area contributed by atoms with Gasteiger partial charge >= 0.3 is 0 Å². The maximum Gasteiger partial charge on any atom is 0.251 e. The molecule has 2 amide bonds. The zero-order chi connectivity index (χ0) is 28.3. The number of nitrogens with zero attached hydrogens (tertiary/aromatic N) is 1. The Morgan fingerprint density at radius 3 is 2.52 bits per heavy atom. The fourth-order valence-electron chi connectivity index (χ4n) is 5.07. The van der Waals surface area contributed by atoms with Crippen LogP contribution >= 0.6 is 0 Å². The van der Waals surface area contributed by atoms with Crippen molar-refractivity contribution in [2.75, 3.05) is 11.9 Å². The van der Waals surface area contributed by atoms with Crippen LogP contribution in [0.25, 0.3) is 0 Å². The lowest BCUT2D eigenvalue weighted by molar-refractivity contribution is -0.117. The third-order valence-electron chi connectivity index (χ3n) is 7.61. The molecule has 210 valence electrons. The molecule has 2 aliphatic rings. The highest BCUT2D eigenvalue weighted by Crippen LogP contribution is 2.32. The lowest BCUT2D eigenvalue weighted by Gasteiger charge is -2.27. The molecule has 0 saturated heterocycles. The summed E-state index contributed by atoms with van der Waals surface area (Å²) >= 11 is 0. The molecule has 3 aromatic rings. The molecular weight excluding hydrogens is 500 g/mol. The highest BCUT2D eigenvalue weighted by atomic mass is 16.5. The molecule has 2 aromatic carbocycles. The van der Waals surface area contributed by atoms with E-state index in [-0.39, 0.29) is 29.2 Å². The Bertz CT molecular complexity index is 1390. The minimum atomic E-state index is -0.0458. The second-order valence-corrected chi connectivity index (χ2v) is 12.0. The van der Waals surface area contributed by atoms with E-state index >= 15 is 0 Å². The fraction of sp³-hybridized carbons (Fsp3) is 0.424. The van der Waals surface area contributed by atoms with Gasteiger partial charge in [0.1, 0.15) is 17.3 Å². The number of rotatable bonds is 9. The van der Waals surface area contributed by atoms with Gasteiger partial charge in [-0.25, -0.2) is 4.98 Å². The summed E-state index contributed by atoms with van der Waals surface area (Å²) in [5, 5.41) is 9.54. The van der Waals surface area contributed by atoms with E-state index in [1.165, 1.54) is 11.1 Å². The van der Waals surface area contributed by atoms with Crippen molar-refractivity contribution in [1.29, 1.82) is 0 Å². The second kappa shape index (κ2) is 11.8. The van der Waals surface area contributed by atoms with Crippen molar-refractivity contribution >= 4 is 17.6 Å². The summed E-state index contributed by atoms with van der Waals surface area (Å²) in [5.41, 5.74) is 5.42. The molecule has 40 heavy (non-hydrogen) atoms. The van der Waals surface area contributed by atoms with Gasteiger partial charge in [-0.3, -0.25) is 9.59 Å². The summed E-state index contributed by atoms with van der Waals surface area (Å²) in [6.07, 6.45) is 6.08. The topological polar surface area (TPSA) is 92.3 Å². The van der Waals surface area contributed by atoms with Crippen LogP contribution in [-0.2, 0) is 29.6 Å². The molecule has 0 radical (unpaired) electrons. The van der Waals surface area contributed by atoms with Gasteiger partial charge in [-0.2, -0.15) is 0 Å². The smallest absolute Gasteiger partial charge is 0.251 e. The number of aryl methyl sites for hydroxylation is 1. The number of anilines is 1. The molecule has 0 bridgehead atoms. The van der Waals surface area contributed by atoms with E-state index in [4.69, 9.17) is 4.74 Å². The van der Waals surface area contributed by atoms with Gasteiger partial charge in [0.2, 0.25) is 5.91 Å². The Morgan fingerprint density at radius 2 is 1.77 bits per heavy atom. The molecule has 7 heteroatoms. The summed E-state index contributed by atoms with van der Waals surface area (Å²) in [7, 11) is 0. The normalized spacial score (nSPS) is 16.6. The maximum atomic E-state index is 13.4. The number of hydrogen-bond acceptors (Lipinski definition) is 5. The Labute approximate surface area is 237 Å². The molecule has 1 atom stereocenters. The van der Waals surface area contributed by atoms with Crippen molar-refractivity contribution in [3.63, 3.8) is 0 Å². The van der Waals surface area contributed by atoms with E-state index < -0.39 is 0 Å². The number of carbonyl (C=O) groups is 2. The van der Waals surface area contributed by atoms with Crippen LogP contribution in [-0.4, -0.2) is 29.4 Å². The van der Waals surface area contributed by atoms with E-state index in [1.807, 2.05) is 18.2 Å². The van der Waals surface area contributed by atoms with Crippen LogP contribution in [0.3, 0.4) is 0 Å². The van der Waals surface area contributed by atoms with Crippen molar-refractivity contribution in [3.8, 4) is 11.5 Å². The van der Waals surface area contributed by atoms with Crippen molar-refractivity contribution in [2.45, 2.75) is 77.8 Å². The molecule has 2 aliphatic carbocycles. The van der Waals surface area contributed by atoms with Gasteiger partial charge in [0.05, 0.1) is 0 Å². The van der Waals surface area contributed by atoms with Crippen LogP contribution in [0, 0.1) is 5.92 Å². The highest BCUT2D eigenvalue weighted by molar-refractivity contribution is 5.95. The summed E-state index contributed by atoms with van der Waals surface area (Å²) < 4.78 is 6.13. The molecule has 3 N–H and O–H groups in total. The van der Waals surface area contributed by atoms with Crippen molar-refractivity contribution < 1.29 is 14.3 Å². The first-order valence-electron chi connectivity index (χ1n) is 14.4. The fourth-order valence-corrected chi connectivity index (χ4v) is 5.07. The van der Waals surface area contributed by atoms with E-state index in [2.05, 4.69) is 66.8 Å². The van der Waals surface area contributed by atoms with Crippen LogP contribution in [0.15, 0.2) is 54.7 Å². The van der Waals surface area contributed by atoms with Gasteiger partial charge < -0.3 is 20.7 Å². The summed E-state index contributed by atoms with van der Waals surface area (Å²) in [6.45, 7) is 10.2. The zero-order valence-corrected chi connectivity index (χ0v) is 24.0. The molecule has 1 saturated carbocycles. The number of fused-ring (bicyclic) bond motifs is 1. The number of ether oxygens (including phenoxy) is 1. The van der Waals surface area contributed by atoms with Crippen molar-refractivity contribution in [1.82, 2.24) is 15.6 Å². The number of aromatic nitrogens is 1. The van der Waals surface area contributed by atoms with Gasteiger partial charge in [0.15, 0.2) is 0 Å². The summed E-state index contributed by atoms with van der Waals surface area (Å²) in [6, 6.07) is 16.0. The third kappa shape index (κ3) is 7.07. The SMILES string of the molecule is CCNCc1cc(C(=O)NC2CCc3ccc(Oc4ccnc(NC(=O)C5CC5)c4)cc3C2)cc(C(C)(C)C)c1. The van der Waals surface area contributed by atoms with Crippen LogP contribution in [0.5, 0.6) is 11.5 Å². The lowest BCUT2D eigenvalue weighted by atomic mass is 9.84. The van der Waals surface area contributed by atoms with Gasteiger partial charge in [-0.1, -0.05) is 39.8 Å². The third-order valence-corrected chi connectivity index (χ3v) is 7.61. The van der Waals surface area contributed by atoms with Gasteiger partial charge in [0.25, 0.3) is 5.91 Å². The Hall–Kier alpha value is -3.71. The number of pyridine rings is 1.